The molecule has 0 saturated heterocycles. The van der Waals surface area contributed by atoms with Crippen molar-refractivity contribution < 1.29 is 5.11 Å². The number of rotatable bonds is 3. The van der Waals surface area contributed by atoms with E-state index in [1.807, 2.05) is 16.8 Å². The third-order valence-electron chi connectivity index (χ3n) is 1.73. The number of aliphatic hydroxyl groups is 1. The van der Waals surface area contributed by atoms with E-state index in [4.69, 9.17) is 0 Å². The highest BCUT2D eigenvalue weighted by atomic mass is 32.1. The van der Waals surface area contributed by atoms with Gasteiger partial charge >= 0.3 is 0 Å². The molecule has 1 unspecified atom stereocenters. The smallest absolute Gasteiger partial charge is 0.108 e. The largest absolute Gasteiger partial charge is 0.386 e. The molecule has 0 bridgehead atoms. The van der Waals surface area contributed by atoms with Gasteiger partial charge in [0.2, 0.25) is 0 Å². The van der Waals surface area contributed by atoms with Gasteiger partial charge in [-0.3, -0.25) is 0 Å². The van der Waals surface area contributed by atoms with E-state index in [0.29, 0.717) is 6.54 Å². The molecule has 0 saturated carbocycles. The maximum atomic E-state index is 9.70. The van der Waals surface area contributed by atoms with Crippen LogP contribution in [-0.4, -0.2) is 19.0 Å². The van der Waals surface area contributed by atoms with Crippen LogP contribution in [0.4, 0.5) is 0 Å². The van der Waals surface area contributed by atoms with Gasteiger partial charge in [0.15, 0.2) is 0 Å². The molecule has 2 aromatic rings. The van der Waals surface area contributed by atoms with Crippen molar-refractivity contribution in [2.75, 3.05) is 0 Å². The van der Waals surface area contributed by atoms with Crippen molar-refractivity contribution in [1.82, 2.24) is 13.9 Å². The zero-order valence-corrected chi connectivity index (χ0v) is 7.68. The minimum atomic E-state index is -0.485. The van der Waals surface area contributed by atoms with Crippen molar-refractivity contribution in [3.05, 3.63) is 35.9 Å². The summed E-state index contributed by atoms with van der Waals surface area (Å²) in [5, 5.41) is 9.70. The van der Waals surface area contributed by atoms with Crippen LogP contribution in [0.25, 0.3) is 0 Å². The SMILES string of the molecule is OC(Cn1ccnc1)c1ccns1. The van der Waals surface area contributed by atoms with Crippen LogP contribution >= 0.6 is 11.5 Å². The Balaban J connectivity index is 2.04. The van der Waals surface area contributed by atoms with E-state index in [1.165, 1.54) is 11.5 Å². The summed E-state index contributed by atoms with van der Waals surface area (Å²) in [5.74, 6) is 0. The lowest BCUT2D eigenvalue weighted by molar-refractivity contribution is 0.160. The summed E-state index contributed by atoms with van der Waals surface area (Å²) in [6.45, 7) is 0.530. The van der Waals surface area contributed by atoms with Crippen molar-refractivity contribution in [2.24, 2.45) is 0 Å². The normalized spacial score (nSPS) is 13.0. The molecular formula is C8H9N3OS. The third-order valence-corrected chi connectivity index (χ3v) is 2.58. The first-order valence-corrected chi connectivity index (χ1v) is 4.68. The van der Waals surface area contributed by atoms with E-state index < -0.39 is 6.10 Å². The fourth-order valence-electron chi connectivity index (χ4n) is 1.08. The van der Waals surface area contributed by atoms with Crippen molar-refractivity contribution in [2.45, 2.75) is 12.6 Å². The zero-order chi connectivity index (χ0) is 9.10. The minimum Gasteiger partial charge on any atom is -0.386 e. The molecule has 2 rings (SSSR count). The molecule has 0 aliphatic heterocycles. The molecular weight excluding hydrogens is 186 g/mol. The van der Waals surface area contributed by atoms with Gasteiger partial charge in [-0.05, 0) is 17.6 Å². The highest BCUT2D eigenvalue weighted by Crippen LogP contribution is 2.17. The topological polar surface area (TPSA) is 50.9 Å². The van der Waals surface area contributed by atoms with Crippen molar-refractivity contribution in [1.29, 1.82) is 0 Å². The Labute approximate surface area is 79.7 Å². The van der Waals surface area contributed by atoms with E-state index in [-0.39, 0.29) is 0 Å². The van der Waals surface area contributed by atoms with Crippen molar-refractivity contribution >= 4 is 11.5 Å². The summed E-state index contributed by atoms with van der Waals surface area (Å²) < 4.78 is 5.77. The molecule has 4 nitrogen and oxygen atoms in total. The predicted octanol–water partition coefficient (Wildman–Crippen LogP) is 1.07. The summed E-state index contributed by atoms with van der Waals surface area (Å²) in [4.78, 5) is 4.78. The van der Waals surface area contributed by atoms with Gasteiger partial charge in [0.05, 0.1) is 17.7 Å². The second-order valence-corrected chi connectivity index (χ2v) is 3.55. The number of imidazole rings is 1. The van der Waals surface area contributed by atoms with Gasteiger partial charge in [-0.25, -0.2) is 9.36 Å². The van der Waals surface area contributed by atoms with Gasteiger partial charge < -0.3 is 9.67 Å². The molecule has 68 valence electrons. The average molecular weight is 195 g/mol. The molecule has 0 aliphatic rings. The maximum Gasteiger partial charge on any atom is 0.108 e. The fraction of sp³-hybridized carbons (Fsp3) is 0.250. The van der Waals surface area contributed by atoms with Crippen LogP contribution in [0.3, 0.4) is 0 Å². The Morgan fingerprint density at radius 2 is 2.46 bits per heavy atom. The summed E-state index contributed by atoms with van der Waals surface area (Å²) in [7, 11) is 0. The molecule has 2 aromatic heterocycles. The first-order chi connectivity index (χ1) is 6.36. The molecule has 0 aromatic carbocycles. The standard InChI is InChI=1S/C8H9N3OS/c12-7(8-1-2-10-13-8)5-11-4-3-9-6-11/h1-4,6-7,12H,5H2. The number of hydrogen-bond donors (Lipinski definition) is 1. The Bertz CT molecular complexity index is 343. The van der Waals surface area contributed by atoms with Gasteiger partial charge in [-0.2, -0.15) is 0 Å². The van der Waals surface area contributed by atoms with E-state index in [1.54, 1.807) is 18.7 Å². The molecule has 0 spiro atoms. The highest BCUT2D eigenvalue weighted by Gasteiger charge is 2.08. The first-order valence-electron chi connectivity index (χ1n) is 3.90. The molecule has 5 heteroatoms. The first kappa shape index (κ1) is 8.40. The van der Waals surface area contributed by atoms with Gasteiger partial charge in [-0.15, -0.1) is 0 Å². The number of nitrogens with zero attached hydrogens (tertiary/aromatic N) is 3. The molecule has 2 heterocycles. The van der Waals surface area contributed by atoms with E-state index in [0.717, 1.165) is 4.88 Å². The van der Waals surface area contributed by atoms with Crippen LogP contribution in [0, 0.1) is 0 Å². The monoisotopic (exact) mass is 195 g/mol. The lowest BCUT2D eigenvalue weighted by Gasteiger charge is -2.07. The number of aliphatic hydroxyl groups excluding tert-OH is 1. The Kier molecular flexibility index (Phi) is 2.37. The molecule has 0 radical (unpaired) electrons. The third kappa shape index (κ3) is 1.93. The van der Waals surface area contributed by atoms with Crippen LogP contribution in [0.2, 0.25) is 0 Å². The number of aromatic nitrogens is 3. The summed E-state index contributed by atoms with van der Waals surface area (Å²) in [6.07, 6.45) is 6.41. The van der Waals surface area contributed by atoms with Gasteiger partial charge in [0.1, 0.15) is 6.10 Å². The van der Waals surface area contributed by atoms with Gasteiger partial charge in [-0.1, -0.05) is 0 Å². The Morgan fingerprint density at radius 1 is 1.54 bits per heavy atom. The van der Waals surface area contributed by atoms with Crippen molar-refractivity contribution in [3.63, 3.8) is 0 Å². The fourth-order valence-corrected chi connectivity index (χ4v) is 1.64. The van der Waals surface area contributed by atoms with Crippen LogP contribution < -0.4 is 0 Å². The van der Waals surface area contributed by atoms with Crippen LogP contribution in [0.5, 0.6) is 0 Å². The Morgan fingerprint density at radius 3 is 3.08 bits per heavy atom. The summed E-state index contributed by atoms with van der Waals surface area (Å²) in [5.41, 5.74) is 0. The molecule has 0 amide bonds. The van der Waals surface area contributed by atoms with E-state index in [9.17, 15) is 5.11 Å². The van der Waals surface area contributed by atoms with E-state index in [2.05, 4.69) is 9.36 Å². The zero-order valence-electron chi connectivity index (χ0n) is 6.87. The highest BCUT2D eigenvalue weighted by molar-refractivity contribution is 7.05. The second-order valence-electron chi connectivity index (χ2n) is 2.69. The van der Waals surface area contributed by atoms with Crippen LogP contribution in [0.15, 0.2) is 31.0 Å². The lowest BCUT2D eigenvalue weighted by Crippen LogP contribution is -2.05. The van der Waals surface area contributed by atoms with Gasteiger partial charge in [0, 0.05) is 18.6 Å². The molecule has 0 aliphatic carbocycles. The molecule has 13 heavy (non-hydrogen) atoms. The van der Waals surface area contributed by atoms with Crippen LogP contribution in [0.1, 0.15) is 11.0 Å². The minimum absolute atomic E-state index is 0.485. The molecule has 1 atom stereocenters. The second kappa shape index (κ2) is 3.68. The lowest BCUT2D eigenvalue weighted by atomic mass is 10.3. The number of hydrogen-bond acceptors (Lipinski definition) is 4. The predicted molar refractivity (Wildman–Crippen MR) is 49.3 cm³/mol. The Hall–Kier alpha value is -1.20. The summed E-state index contributed by atoms with van der Waals surface area (Å²) >= 11 is 1.32. The van der Waals surface area contributed by atoms with E-state index >= 15 is 0 Å². The molecule has 1 N–H and O–H groups in total. The van der Waals surface area contributed by atoms with Gasteiger partial charge in [0.25, 0.3) is 0 Å². The molecule has 0 fully saturated rings. The maximum absolute atomic E-state index is 9.70. The average Bonchev–Trinajstić information content (AvgIpc) is 2.74. The van der Waals surface area contributed by atoms with Crippen LogP contribution in [-0.2, 0) is 6.54 Å². The quantitative estimate of drug-likeness (QED) is 0.797. The summed E-state index contributed by atoms with van der Waals surface area (Å²) in [6, 6.07) is 1.83. The van der Waals surface area contributed by atoms with Crippen molar-refractivity contribution in [3.8, 4) is 0 Å².